The molecule has 0 radical (unpaired) electrons. The lowest BCUT2D eigenvalue weighted by Gasteiger charge is -2.25. The first-order chi connectivity index (χ1) is 20.0. The molecule has 0 aliphatic carbocycles. The third kappa shape index (κ3) is 9.81. The first kappa shape index (κ1) is 31.0. The molecule has 9 nitrogen and oxygen atoms in total. The van der Waals surface area contributed by atoms with Crippen LogP contribution in [0.5, 0.6) is 0 Å². The molecule has 2 saturated heterocycles. The maximum Gasteiger partial charge on any atom is 0.324 e. The van der Waals surface area contributed by atoms with E-state index in [1.54, 1.807) is 0 Å². The highest BCUT2D eigenvalue weighted by molar-refractivity contribution is 6.30. The molecule has 2 aromatic carbocycles. The van der Waals surface area contributed by atoms with E-state index in [0.717, 1.165) is 81.8 Å². The maximum absolute atomic E-state index is 5.91. The molecule has 222 valence electrons. The van der Waals surface area contributed by atoms with Gasteiger partial charge in [0.15, 0.2) is 12.6 Å². The normalized spacial score (nSPS) is 17.2. The lowest BCUT2D eigenvalue weighted by molar-refractivity contribution is 0.0252. The van der Waals surface area contributed by atoms with Crippen molar-refractivity contribution in [1.29, 1.82) is 0 Å². The summed E-state index contributed by atoms with van der Waals surface area (Å²) in [6, 6.07) is 18.9. The Balaban J connectivity index is 0.000000189. The first-order valence-corrected chi connectivity index (χ1v) is 15.1. The second kappa shape index (κ2) is 16.5. The van der Waals surface area contributed by atoms with Crippen molar-refractivity contribution in [2.75, 3.05) is 64.0 Å². The molecular formula is C31H44ClN7O2. The molecule has 0 saturated carbocycles. The molecule has 1 unspecified atom stereocenters. The number of nitrogens with zero attached hydrogens (tertiary/aromatic N) is 5. The van der Waals surface area contributed by atoms with Crippen LogP contribution in [-0.2, 0) is 11.3 Å². The van der Waals surface area contributed by atoms with Crippen molar-refractivity contribution in [2.24, 2.45) is 11.1 Å². The lowest BCUT2D eigenvalue weighted by atomic mass is 9.96. The summed E-state index contributed by atoms with van der Waals surface area (Å²) in [6.07, 6.45) is 1.76. The van der Waals surface area contributed by atoms with Crippen molar-refractivity contribution in [1.82, 2.24) is 25.7 Å². The van der Waals surface area contributed by atoms with Gasteiger partial charge in [0.25, 0.3) is 0 Å². The summed E-state index contributed by atoms with van der Waals surface area (Å²) in [5, 5.41) is 16.0. The number of piperazine rings is 2. The number of benzene rings is 2. The van der Waals surface area contributed by atoms with Gasteiger partial charge in [0.2, 0.25) is 0 Å². The van der Waals surface area contributed by atoms with Crippen molar-refractivity contribution in [3.63, 3.8) is 0 Å². The Labute approximate surface area is 249 Å². The first-order valence-electron chi connectivity index (χ1n) is 14.7. The smallest absolute Gasteiger partial charge is 0.324 e. The standard InChI is InChI=1S/C16H24ClN3O.C15H20N4O/c1-13(2)16(11-14-3-5-15(17)6-4-14)19-21-12-20-9-7-18-8-10-20;1-2-13(12-6-4-3-5-7-12)14-17-15(20-18-14)19-10-8-16-9-11-19/h3-6,13,18H,7-12H2,1-2H3;3-7,13,16H,2,8-11H2,1H3/b19-16-;. The maximum atomic E-state index is 5.91. The minimum atomic E-state index is 0.205. The summed E-state index contributed by atoms with van der Waals surface area (Å²) >= 11 is 5.91. The van der Waals surface area contributed by atoms with Crippen molar-refractivity contribution in [2.45, 2.75) is 39.5 Å². The van der Waals surface area contributed by atoms with Gasteiger partial charge in [-0.3, -0.25) is 4.90 Å². The van der Waals surface area contributed by atoms with E-state index in [0.29, 0.717) is 18.7 Å². The summed E-state index contributed by atoms with van der Waals surface area (Å²) < 4.78 is 5.45. The fourth-order valence-electron chi connectivity index (χ4n) is 4.79. The molecule has 41 heavy (non-hydrogen) atoms. The van der Waals surface area contributed by atoms with Crippen molar-refractivity contribution < 1.29 is 9.36 Å². The van der Waals surface area contributed by atoms with Gasteiger partial charge in [0, 0.05) is 69.7 Å². The van der Waals surface area contributed by atoms with Gasteiger partial charge >= 0.3 is 6.01 Å². The van der Waals surface area contributed by atoms with E-state index in [1.165, 1.54) is 11.1 Å². The molecule has 5 rings (SSSR count). The van der Waals surface area contributed by atoms with Gasteiger partial charge in [-0.2, -0.15) is 4.98 Å². The number of rotatable bonds is 10. The molecule has 2 fully saturated rings. The predicted octanol–water partition coefficient (Wildman–Crippen LogP) is 4.79. The Kier molecular flexibility index (Phi) is 12.4. The van der Waals surface area contributed by atoms with E-state index in [1.807, 2.05) is 30.3 Å². The summed E-state index contributed by atoms with van der Waals surface area (Å²) in [7, 11) is 0. The minimum Gasteiger partial charge on any atom is -0.380 e. The highest BCUT2D eigenvalue weighted by Gasteiger charge is 2.22. The Hall–Kier alpha value is -2.98. The number of nitrogens with one attached hydrogen (secondary N) is 2. The molecule has 0 spiro atoms. The number of anilines is 1. The fourth-order valence-corrected chi connectivity index (χ4v) is 4.92. The zero-order chi connectivity index (χ0) is 28.9. The van der Waals surface area contributed by atoms with Crippen LogP contribution >= 0.6 is 11.6 Å². The molecule has 0 amide bonds. The quantitative estimate of drug-likeness (QED) is 0.261. The van der Waals surface area contributed by atoms with Crippen LogP contribution in [0.1, 0.15) is 50.1 Å². The molecule has 10 heteroatoms. The number of aromatic nitrogens is 2. The highest BCUT2D eigenvalue weighted by Crippen LogP contribution is 2.27. The van der Waals surface area contributed by atoms with Crippen LogP contribution < -0.4 is 15.5 Å². The Morgan fingerprint density at radius 1 is 0.976 bits per heavy atom. The molecule has 3 heterocycles. The highest BCUT2D eigenvalue weighted by atomic mass is 35.5. The van der Waals surface area contributed by atoms with E-state index in [2.05, 4.69) is 80.8 Å². The van der Waals surface area contributed by atoms with Crippen LogP contribution in [0.2, 0.25) is 5.02 Å². The average molecular weight is 582 g/mol. The van der Waals surface area contributed by atoms with Crippen molar-refractivity contribution >= 4 is 23.3 Å². The number of oxime groups is 1. The van der Waals surface area contributed by atoms with Crippen LogP contribution in [0.15, 0.2) is 64.3 Å². The summed E-state index contributed by atoms with van der Waals surface area (Å²) in [5.74, 6) is 1.35. The van der Waals surface area contributed by atoms with E-state index in [9.17, 15) is 0 Å². The second-order valence-corrected chi connectivity index (χ2v) is 11.1. The SMILES string of the molecule is CC(C)/C(Cc1ccc(Cl)cc1)=N\OCN1CCNCC1.CCC(c1ccccc1)c1noc(N2CCNCC2)n1. The molecular weight excluding hydrogens is 538 g/mol. The summed E-state index contributed by atoms with van der Waals surface area (Å²) in [4.78, 5) is 14.6. The van der Waals surface area contributed by atoms with Gasteiger partial charge < -0.3 is 24.9 Å². The number of hydrogen-bond acceptors (Lipinski definition) is 9. The third-order valence-electron chi connectivity index (χ3n) is 7.34. The summed E-state index contributed by atoms with van der Waals surface area (Å²) in [6.45, 7) is 14.9. The van der Waals surface area contributed by atoms with Gasteiger partial charge in [0.1, 0.15) is 0 Å². The van der Waals surface area contributed by atoms with Crippen LogP contribution in [0.4, 0.5) is 6.01 Å². The van der Waals surface area contributed by atoms with E-state index in [4.69, 9.17) is 21.0 Å². The predicted molar refractivity (Wildman–Crippen MR) is 166 cm³/mol. The topological polar surface area (TPSA) is 91.0 Å². The Morgan fingerprint density at radius 3 is 2.27 bits per heavy atom. The molecule has 2 N–H and O–H groups in total. The van der Waals surface area contributed by atoms with Gasteiger partial charge in [-0.15, -0.1) is 0 Å². The Bertz CT molecular complexity index is 1170. The van der Waals surface area contributed by atoms with E-state index >= 15 is 0 Å². The molecule has 1 aromatic heterocycles. The lowest BCUT2D eigenvalue weighted by Crippen LogP contribution is -2.44. The van der Waals surface area contributed by atoms with Gasteiger partial charge in [-0.05, 0) is 35.6 Å². The molecule has 2 aliphatic heterocycles. The van der Waals surface area contributed by atoms with Gasteiger partial charge in [-0.25, -0.2) is 0 Å². The van der Waals surface area contributed by atoms with Crippen LogP contribution in [0, 0.1) is 5.92 Å². The molecule has 3 aromatic rings. The Morgan fingerprint density at radius 2 is 1.63 bits per heavy atom. The molecule has 1 atom stereocenters. The zero-order valence-electron chi connectivity index (χ0n) is 24.6. The van der Waals surface area contributed by atoms with Gasteiger partial charge in [-0.1, -0.05) is 85.1 Å². The average Bonchev–Trinajstić information content (AvgIpc) is 3.50. The van der Waals surface area contributed by atoms with Gasteiger partial charge in [0.05, 0.1) is 5.71 Å². The number of hydrogen-bond donors (Lipinski definition) is 2. The van der Waals surface area contributed by atoms with Crippen molar-refractivity contribution in [3.05, 3.63) is 76.6 Å². The molecule has 0 bridgehead atoms. The molecule has 2 aliphatic rings. The number of halogens is 1. The summed E-state index contributed by atoms with van der Waals surface area (Å²) in [5.41, 5.74) is 3.51. The largest absolute Gasteiger partial charge is 0.380 e. The van der Waals surface area contributed by atoms with Crippen LogP contribution in [0.3, 0.4) is 0 Å². The third-order valence-corrected chi connectivity index (χ3v) is 7.59. The van der Waals surface area contributed by atoms with E-state index < -0.39 is 0 Å². The van der Waals surface area contributed by atoms with Crippen LogP contribution in [0.25, 0.3) is 0 Å². The fraction of sp³-hybridized carbons (Fsp3) is 0.516. The monoisotopic (exact) mass is 581 g/mol. The second-order valence-electron chi connectivity index (χ2n) is 10.7. The van der Waals surface area contributed by atoms with Crippen molar-refractivity contribution in [3.8, 4) is 0 Å². The zero-order valence-corrected chi connectivity index (χ0v) is 25.3. The van der Waals surface area contributed by atoms with Crippen LogP contribution in [-0.4, -0.2) is 79.8 Å². The minimum absolute atomic E-state index is 0.205. The van der Waals surface area contributed by atoms with E-state index in [-0.39, 0.29) is 5.92 Å².